The molecule has 4 heteroatoms. The lowest BCUT2D eigenvalue weighted by Gasteiger charge is -2.24. The van der Waals surface area contributed by atoms with Gasteiger partial charge >= 0.3 is 0 Å². The Bertz CT molecular complexity index is 319. The monoisotopic (exact) mass is 220 g/mol. The van der Waals surface area contributed by atoms with Crippen LogP contribution in [0.15, 0.2) is 12.3 Å². The van der Waals surface area contributed by atoms with E-state index in [2.05, 4.69) is 14.9 Å². The van der Waals surface area contributed by atoms with E-state index in [9.17, 15) is 0 Å². The van der Waals surface area contributed by atoms with Gasteiger partial charge in [-0.05, 0) is 18.9 Å². The molecule has 0 radical (unpaired) electrons. The van der Waals surface area contributed by atoms with Gasteiger partial charge in [0.05, 0.1) is 5.69 Å². The molecule has 4 nitrogen and oxygen atoms in total. The molecule has 1 aliphatic rings. The smallest absolute Gasteiger partial charge is 0.225 e. The van der Waals surface area contributed by atoms with Crippen molar-refractivity contribution in [3.8, 4) is 0 Å². The molecule has 1 saturated heterocycles. The standard InChI is InChI=1S/C12H20N4/c13-10-11-6-7-14-12(15-11)16-8-4-2-1-3-5-9-16/h6-7H,1-5,8-10,13H2. The van der Waals surface area contributed by atoms with E-state index >= 15 is 0 Å². The van der Waals surface area contributed by atoms with Gasteiger partial charge in [0.2, 0.25) is 5.95 Å². The van der Waals surface area contributed by atoms with Gasteiger partial charge in [-0.25, -0.2) is 9.97 Å². The van der Waals surface area contributed by atoms with Crippen LogP contribution in [-0.2, 0) is 6.54 Å². The van der Waals surface area contributed by atoms with Gasteiger partial charge in [-0.15, -0.1) is 0 Å². The molecule has 16 heavy (non-hydrogen) atoms. The quantitative estimate of drug-likeness (QED) is 0.824. The zero-order chi connectivity index (χ0) is 11.2. The Kier molecular flexibility index (Phi) is 4.10. The second kappa shape index (κ2) is 5.80. The second-order valence-electron chi connectivity index (χ2n) is 4.31. The molecule has 0 amide bonds. The lowest BCUT2D eigenvalue weighted by Crippen LogP contribution is -2.29. The van der Waals surface area contributed by atoms with Crippen molar-refractivity contribution in [3.05, 3.63) is 18.0 Å². The summed E-state index contributed by atoms with van der Waals surface area (Å²) < 4.78 is 0. The highest BCUT2D eigenvalue weighted by molar-refractivity contribution is 5.30. The minimum absolute atomic E-state index is 0.489. The summed E-state index contributed by atoms with van der Waals surface area (Å²) in [6.07, 6.45) is 8.33. The largest absolute Gasteiger partial charge is 0.341 e. The Morgan fingerprint density at radius 3 is 2.50 bits per heavy atom. The third kappa shape index (κ3) is 2.92. The minimum atomic E-state index is 0.489. The lowest BCUT2D eigenvalue weighted by atomic mass is 10.1. The predicted molar refractivity (Wildman–Crippen MR) is 65.2 cm³/mol. The Balaban J connectivity index is 2.07. The van der Waals surface area contributed by atoms with E-state index in [-0.39, 0.29) is 0 Å². The van der Waals surface area contributed by atoms with Crippen LogP contribution < -0.4 is 10.6 Å². The van der Waals surface area contributed by atoms with Crippen molar-refractivity contribution in [2.75, 3.05) is 18.0 Å². The molecular formula is C12H20N4. The number of hydrogen-bond acceptors (Lipinski definition) is 4. The fraction of sp³-hybridized carbons (Fsp3) is 0.667. The maximum Gasteiger partial charge on any atom is 0.225 e. The zero-order valence-corrected chi connectivity index (χ0v) is 9.73. The summed E-state index contributed by atoms with van der Waals surface area (Å²) in [5, 5.41) is 0. The molecule has 1 aromatic rings. The van der Waals surface area contributed by atoms with Crippen LogP contribution in [0.5, 0.6) is 0 Å². The molecule has 0 unspecified atom stereocenters. The normalized spacial score (nSPS) is 17.9. The molecule has 88 valence electrons. The molecule has 0 bridgehead atoms. The van der Waals surface area contributed by atoms with Gasteiger partial charge in [0.25, 0.3) is 0 Å². The summed E-state index contributed by atoms with van der Waals surface area (Å²) in [6, 6.07) is 1.88. The van der Waals surface area contributed by atoms with E-state index in [0.29, 0.717) is 6.54 Å². The first-order valence-corrected chi connectivity index (χ1v) is 6.17. The Hall–Kier alpha value is -1.16. The molecule has 0 atom stereocenters. The molecule has 0 spiro atoms. The van der Waals surface area contributed by atoms with Crippen molar-refractivity contribution in [2.45, 2.75) is 38.6 Å². The van der Waals surface area contributed by atoms with Crippen molar-refractivity contribution in [3.63, 3.8) is 0 Å². The molecule has 1 aromatic heterocycles. The summed E-state index contributed by atoms with van der Waals surface area (Å²) in [5.74, 6) is 0.852. The van der Waals surface area contributed by atoms with Crippen LogP contribution in [0, 0.1) is 0 Å². The van der Waals surface area contributed by atoms with Crippen LogP contribution in [0.25, 0.3) is 0 Å². The van der Waals surface area contributed by atoms with E-state index in [4.69, 9.17) is 5.73 Å². The van der Waals surface area contributed by atoms with E-state index in [1.807, 2.05) is 12.3 Å². The number of hydrogen-bond donors (Lipinski definition) is 1. The van der Waals surface area contributed by atoms with Crippen LogP contribution in [0.3, 0.4) is 0 Å². The van der Waals surface area contributed by atoms with Gasteiger partial charge in [0.1, 0.15) is 0 Å². The summed E-state index contributed by atoms with van der Waals surface area (Å²) in [6.45, 7) is 2.64. The Morgan fingerprint density at radius 2 is 1.81 bits per heavy atom. The summed E-state index contributed by atoms with van der Waals surface area (Å²) in [5.41, 5.74) is 6.52. The fourth-order valence-corrected chi connectivity index (χ4v) is 2.10. The van der Waals surface area contributed by atoms with Gasteiger partial charge in [0.15, 0.2) is 0 Å². The Labute approximate surface area is 96.9 Å². The molecule has 2 heterocycles. The number of rotatable bonds is 2. The SMILES string of the molecule is NCc1ccnc(N2CCCCCCC2)n1. The lowest BCUT2D eigenvalue weighted by molar-refractivity contribution is 0.550. The minimum Gasteiger partial charge on any atom is -0.341 e. The first-order valence-electron chi connectivity index (χ1n) is 6.17. The van der Waals surface area contributed by atoms with Gasteiger partial charge in [-0.3, -0.25) is 0 Å². The second-order valence-corrected chi connectivity index (χ2v) is 4.31. The van der Waals surface area contributed by atoms with Crippen molar-refractivity contribution in [1.29, 1.82) is 0 Å². The number of nitrogens with two attached hydrogens (primary N) is 1. The summed E-state index contributed by atoms with van der Waals surface area (Å²) in [4.78, 5) is 11.1. The molecule has 0 aromatic carbocycles. The van der Waals surface area contributed by atoms with Crippen molar-refractivity contribution >= 4 is 5.95 Å². The molecule has 0 saturated carbocycles. The number of nitrogens with zero attached hydrogens (tertiary/aromatic N) is 3. The fourth-order valence-electron chi connectivity index (χ4n) is 2.10. The predicted octanol–water partition coefficient (Wildman–Crippen LogP) is 1.71. The van der Waals surface area contributed by atoms with Crippen LogP contribution >= 0.6 is 0 Å². The number of anilines is 1. The average Bonchev–Trinajstić information content (AvgIpc) is 2.29. The van der Waals surface area contributed by atoms with Crippen molar-refractivity contribution < 1.29 is 0 Å². The molecule has 1 aliphatic heterocycles. The maximum atomic E-state index is 5.60. The zero-order valence-electron chi connectivity index (χ0n) is 9.73. The molecule has 2 N–H and O–H groups in total. The van der Waals surface area contributed by atoms with E-state index in [0.717, 1.165) is 24.7 Å². The van der Waals surface area contributed by atoms with Gasteiger partial charge in [-0.2, -0.15) is 0 Å². The molecule has 2 rings (SSSR count). The van der Waals surface area contributed by atoms with Crippen LogP contribution in [0.1, 0.15) is 37.8 Å². The third-order valence-electron chi connectivity index (χ3n) is 3.05. The van der Waals surface area contributed by atoms with Crippen LogP contribution in [0.2, 0.25) is 0 Å². The maximum absolute atomic E-state index is 5.60. The third-order valence-corrected chi connectivity index (χ3v) is 3.05. The van der Waals surface area contributed by atoms with Gasteiger partial charge in [-0.1, -0.05) is 19.3 Å². The summed E-state index contributed by atoms with van der Waals surface area (Å²) in [7, 11) is 0. The first kappa shape index (κ1) is 11.3. The molecule has 1 fully saturated rings. The van der Waals surface area contributed by atoms with Crippen molar-refractivity contribution in [1.82, 2.24) is 9.97 Å². The van der Waals surface area contributed by atoms with E-state index in [1.54, 1.807) is 0 Å². The van der Waals surface area contributed by atoms with Crippen LogP contribution in [0.4, 0.5) is 5.95 Å². The number of aromatic nitrogens is 2. The topological polar surface area (TPSA) is 55.0 Å². The van der Waals surface area contributed by atoms with Gasteiger partial charge in [0, 0.05) is 25.8 Å². The molecular weight excluding hydrogens is 200 g/mol. The highest BCUT2D eigenvalue weighted by Gasteiger charge is 2.11. The van der Waals surface area contributed by atoms with Gasteiger partial charge < -0.3 is 10.6 Å². The Morgan fingerprint density at radius 1 is 1.12 bits per heavy atom. The van der Waals surface area contributed by atoms with E-state index < -0.39 is 0 Å². The molecule has 0 aliphatic carbocycles. The first-order chi connectivity index (χ1) is 7.90. The van der Waals surface area contributed by atoms with Crippen molar-refractivity contribution in [2.24, 2.45) is 5.73 Å². The van der Waals surface area contributed by atoms with Crippen LogP contribution in [-0.4, -0.2) is 23.1 Å². The highest BCUT2D eigenvalue weighted by Crippen LogP contribution is 2.15. The average molecular weight is 220 g/mol. The highest BCUT2D eigenvalue weighted by atomic mass is 15.2. The summed E-state index contributed by atoms with van der Waals surface area (Å²) >= 11 is 0. The van der Waals surface area contributed by atoms with E-state index in [1.165, 1.54) is 32.1 Å².